The molecule has 196 valence electrons. The number of aromatic nitrogens is 2. The molecule has 1 aromatic carbocycles. The second-order valence-electron chi connectivity index (χ2n) is 10.6. The van der Waals surface area contributed by atoms with E-state index in [9.17, 15) is 9.59 Å². The minimum atomic E-state index is -0.389. The average molecular weight is 500 g/mol. The van der Waals surface area contributed by atoms with Crippen molar-refractivity contribution in [3.8, 4) is 0 Å². The van der Waals surface area contributed by atoms with Crippen molar-refractivity contribution >= 4 is 12.1 Å². The zero-order chi connectivity index (χ0) is 25.7. The summed E-state index contributed by atoms with van der Waals surface area (Å²) in [7, 11) is 1.54. The van der Waals surface area contributed by atoms with Crippen LogP contribution >= 0.6 is 0 Å². The first kappa shape index (κ1) is 25.9. The smallest absolute Gasteiger partial charge is 0.407 e. The Morgan fingerprint density at radius 1 is 1.14 bits per heavy atom. The molecular formula is C26H37N5O5. The molecule has 1 aliphatic carbocycles. The van der Waals surface area contributed by atoms with Crippen molar-refractivity contribution in [2.75, 3.05) is 13.6 Å². The lowest BCUT2D eigenvalue weighted by atomic mass is 9.83. The summed E-state index contributed by atoms with van der Waals surface area (Å²) in [6.07, 6.45) is 5.98. The van der Waals surface area contributed by atoms with Crippen LogP contribution in [0.3, 0.4) is 0 Å². The molecule has 3 heterocycles. The third-order valence-electron chi connectivity index (χ3n) is 6.59. The molecule has 36 heavy (non-hydrogen) atoms. The first-order valence-corrected chi connectivity index (χ1v) is 12.7. The monoisotopic (exact) mass is 499 g/mol. The molecule has 2 aliphatic heterocycles. The third-order valence-corrected chi connectivity index (χ3v) is 6.59. The topological polar surface area (TPSA) is 110 Å². The number of ether oxygens (including phenoxy) is 1. The summed E-state index contributed by atoms with van der Waals surface area (Å²) >= 11 is 0. The van der Waals surface area contributed by atoms with Gasteiger partial charge < -0.3 is 19.4 Å². The number of hydrogen-bond acceptors (Lipinski definition) is 7. The Bertz CT molecular complexity index is 1020. The number of urea groups is 1. The van der Waals surface area contributed by atoms with Gasteiger partial charge >= 0.3 is 12.1 Å². The third kappa shape index (κ3) is 6.54. The van der Waals surface area contributed by atoms with E-state index in [1.165, 1.54) is 26.3 Å². The summed E-state index contributed by atoms with van der Waals surface area (Å²) in [4.78, 5) is 31.0. The highest BCUT2D eigenvalue weighted by molar-refractivity contribution is 5.77. The number of nitrogens with zero attached hydrogens (tertiary/aromatic N) is 4. The van der Waals surface area contributed by atoms with Crippen LogP contribution < -0.4 is 5.32 Å². The van der Waals surface area contributed by atoms with Gasteiger partial charge in [-0.2, -0.15) is 5.06 Å². The lowest BCUT2D eigenvalue weighted by Gasteiger charge is -2.27. The largest absolute Gasteiger partial charge is 0.444 e. The van der Waals surface area contributed by atoms with Crippen LogP contribution in [0.25, 0.3) is 0 Å². The molecule has 2 saturated heterocycles. The average Bonchev–Trinajstić information content (AvgIpc) is 3.38. The molecule has 10 nitrogen and oxygen atoms in total. The molecule has 0 spiro atoms. The summed E-state index contributed by atoms with van der Waals surface area (Å²) in [6.45, 7) is 6.51. The Hall–Kier alpha value is -3.14. The van der Waals surface area contributed by atoms with Gasteiger partial charge in [-0.3, -0.25) is 4.84 Å². The highest BCUT2D eigenvalue weighted by Crippen LogP contribution is 2.38. The van der Waals surface area contributed by atoms with Crippen molar-refractivity contribution in [1.82, 2.24) is 25.5 Å². The first-order valence-electron chi connectivity index (χ1n) is 12.7. The van der Waals surface area contributed by atoms with Gasteiger partial charge in [-0.05, 0) is 57.9 Å². The summed E-state index contributed by atoms with van der Waals surface area (Å²) < 4.78 is 10.8. The molecule has 1 aromatic heterocycles. The predicted molar refractivity (Wildman–Crippen MR) is 132 cm³/mol. The minimum absolute atomic E-state index is 0.0924. The van der Waals surface area contributed by atoms with Gasteiger partial charge in [-0.15, -0.1) is 10.2 Å². The number of piperidine rings is 1. The number of fused-ring (bicyclic) bond motifs is 2. The van der Waals surface area contributed by atoms with Crippen molar-refractivity contribution in [2.45, 2.75) is 83.6 Å². The Labute approximate surface area is 212 Å². The quantitative estimate of drug-likeness (QED) is 0.617. The van der Waals surface area contributed by atoms with E-state index in [1.807, 2.05) is 56.0 Å². The Morgan fingerprint density at radius 3 is 2.50 bits per heavy atom. The Morgan fingerprint density at radius 2 is 1.89 bits per heavy atom. The van der Waals surface area contributed by atoms with E-state index in [0.29, 0.717) is 30.9 Å². The SMILES string of the molecule is CNC(=O)OC(C)(C)C.O=C1N(OCc2ccccc2)C2CC[C@@H](c3nnc(CC4CCC4)o3)N1C2. The molecule has 1 N–H and O–H groups in total. The fourth-order valence-electron chi connectivity index (χ4n) is 4.53. The Kier molecular flexibility index (Phi) is 8.13. The second-order valence-corrected chi connectivity index (χ2v) is 10.6. The van der Waals surface area contributed by atoms with Gasteiger partial charge in [0.15, 0.2) is 0 Å². The van der Waals surface area contributed by atoms with Gasteiger partial charge in [-0.1, -0.05) is 36.8 Å². The van der Waals surface area contributed by atoms with Gasteiger partial charge in [0.1, 0.15) is 18.2 Å². The molecule has 10 heteroatoms. The molecule has 2 bridgehead atoms. The van der Waals surface area contributed by atoms with E-state index in [1.54, 1.807) is 5.06 Å². The zero-order valence-electron chi connectivity index (χ0n) is 21.6. The molecule has 0 radical (unpaired) electrons. The zero-order valence-corrected chi connectivity index (χ0v) is 21.6. The number of hydroxylamine groups is 2. The second kappa shape index (κ2) is 11.3. The summed E-state index contributed by atoms with van der Waals surface area (Å²) in [5, 5.41) is 12.4. The van der Waals surface area contributed by atoms with Crippen LogP contribution in [0.5, 0.6) is 0 Å². The number of amides is 3. The number of benzene rings is 1. The molecular weight excluding hydrogens is 462 g/mol. The molecule has 1 unspecified atom stereocenters. The lowest BCUT2D eigenvalue weighted by Crippen LogP contribution is -2.34. The maximum Gasteiger partial charge on any atom is 0.407 e. The number of nitrogens with one attached hydrogen (secondary N) is 1. The van der Waals surface area contributed by atoms with E-state index < -0.39 is 0 Å². The van der Waals surface area contributed by atoms with Crippen LogP contribution in [0.1, 0.15) is 76.3 Å². The molecule has 3 aliphatic rings. The summed E-state index contributed by atoms with van der Waals surface area (Å²) in [5.41, 5.74) is 0.663. The lowest BCUT2D eigenvalue weighted by molar-refractivity contribution is -0.140. The fourth-order valence-corrected chi connectivity index (χ4v) is 4.53. The van der Waals surface area contributed by atoms with Crippen LogP contribution in [-0.4, -0.2) is 57.5 Å². The highest BCUT2D eigenvalue weighted by atomic mass is 16.7. The first-order chi connectivity index (χ1) is 17.2. The summed E-state index contributed by atoms with van der Waals surface area (Å²) in [6, 6.07) is 9.76. The minimum Gasteiger partial charge on any atom is -0.444 e. The predicted octanol–water partition coefficient (Wildman–Crippen LogP) is 4.63. The van der Waals surface area contributed by atoms with Gasteiger partial charge in [-0.25, -0.2) is 9.59 Å². The van der Waals surface area contributed by atoms with Gasteiger partial charge in [0, 0.05) is 20.0 Å². The van der Waals surface area contributed by atoms with E-state index in [-0.39, 0.29) is 29.8 Å². The van der Waals surface area contributed by atoms with Crippen LogP contribution in [0, 0.1) is 5.92 Å². The maximum atomic E-state index is 12.9. The Balaban J connectivity index is 0.000000292. The van der Waals surface area contributed by atoms with E-state index in [4.69, 9.17) is 14.0 Å². The van der Waals surface area contributed by atoms with E-state index in [2.05, 4.69) is 15.5 Å². The number of carbonyl (C=O) groups excluding carboxylic acids is 2. The number of rotatable bonds is 6. The number of carbonyl (C=O) groups is 2. The van der Waals surface area contributed by atoms with Crippen LogP contribution in [0.4, 0.5) is 9.59 Å². The normalized spacial score (nSPS) is 21.5. The van der Waals surface area contributed by atoms with Crippen molar-refractivity contribution < 1.29 is 23.6 Å². The number of hydrogen-bond donors (Lipinski definition) is 1. The van der Waals surface area contributed by atoms with Crippen molar-refractivity contribution in [1.29, 1.82) is 0 Å². The molecule has 2 aromatic rings. The molecule has 3 fully saturated rings. The van der Waals surface area contributed by atoms with Crippen LogP contribution in [-0.2, 0) is 22.6 Å². The van der Waals surface area contributed by atoms with E-state index in [0.717, 1.165) is 24.8 Å². The maximum absolute atomic E-state index is 12.9. The molecule has 2 atom stereocenters. The van der Waals surface area contributed by atoms with Crippen LogP contribution in [0.15, 0.2) is 34.7 Å². The standard InChI is InChI=1S/C20H24N4O3.C6H13NO2/c25-20-23-12-16(24(20)26-13-15-5-2-1-3-6-15)9-10-17(23)19-22-21-18(27-19)11-14-7-4-8-14;1-6(2,3)9-5(8)7-4/h1-3,5-6,14,16-17H,4,7-13H2;1-4H3,(H,7,8)/t16?,17-;/m0./s1. The molecule has 1 saturated carbocycles. The number of alkyl carbamates (subject to hydrolysis) is 1. The van der Waals surface area contributed by atoms with Crippen molar-refractivity contribution in [3.05, 3.63) is 47.7 Å². The van der Waals surface area contributed by atoms with Crippen LogP contribution in [0.2, 0.25) is 0 Å². The molecule has 3 amide bonds. The van der Waals surface area contributed by atoms with Crippen molar-refractivity contribution in [3.63, 3.8) is 0 Å². The van der Waals surface area contributed by atoms with Crippen molar-refractivity contribution in [2.24, 2.45) is 5.92 Å². The van der Waals surface area contributed by atoms with Gasteiger partial charge in [0.25, 0.3) is 0 Å². The summed E-state index contributed by atoms with van der Waals surface area (Å²) in [5.74, 6) is 1.96. The highest BCUT2D eigenvalue weighted by Gasteiger charge is 2.47. The van der Waals surface area contributed by atoms with Gasteiger partial charge in [0.2, 0.25) is 11.8 Å². The van der Waals surface area contributed by atoms with Gasteiger partial charge in [0.05, 0.1) is 6.04 Å². The fraction of sp³-hybridized carbons (Fsp3) is 0.615. The van der Waals surface area contributed by atoms with E-state index >= 15 is 0 Å². The molecule has 5 rings (SSSR count).